The van der Waals surface area contributed by atoms with Crippen LogP contribution in [0.25, 0.3) is 11.4 Å². The molecule has 5 heteroatoms. The number of hydrogen-bond acceptors (Lipinski definition) is 4. The van der Waals surface area contributed by atoms with E-state index >= 15 is 0 Å². The average molecular weight is 404 g/mol. The highest BCUT2D eigenvalue weighted by molar-refractivity contribution is 5.79. The number of carbonyl (C=O) groups is 1. The summed E-state index contributed by atoms with van der Waals surface area (Å²) in [5.74, 6) is 1.19. The molecule has 1 saturated carbocycles. The second kappa shape index (κ2) is 9.24. The van der Waals surface area contributed by atoms with Gasteiger partial charge in [-0.3, -0.25) is 4.79 Å². The molecule has 30 heavy (non-hydrogen) atoms. The molecular formula is C25H29N3O2. The molecule has 0 spiro atoms. The van der Waals surface area contributed by atoms with E-state index in [0.29, 0.717) is 24.7 Å². The van der Waals surface area contributed by atoms with Crippen LogP contribution in [0.5, 0.6) is 0 Å². The molecule has 1 aliphatic rings. The monoisotopic (exact) mass is 403 g/mol. The van der Waals surface area contributed by atoms with Crippen molar-refractivity contribution in [1.29, 1.82) is 0 Å². The number of aryl methyl sites for hydroxylation is 2. The van der Waals surface area contributed by atoms with E-state index in [2.05, 4.69) is 29.2 Å². The van der Waals surface area contributed by atoms with Crippen molar-refractivity contribution >= 4 is 5.91 Å². The van der Waals surface area contributed by atoms with Crippen LogP contribution >= 0.6 is 0 Å². The normalized spacial score (nSPS) is 14.6. The largest absolute Gasteiger partial charge is 0.337 e. The van der Waals surface area contributed by atoms with Crippen LogP contribution in [-0.2, 0) is 17.8 Å². The topological polar surface area (TPSA) is 59.2 Å². The Morgan fingerprint density at radius 1 is 0.967 bits per heavy atom. The number of carbonyl (C=O) groups excluding carboxylic acids is 1. The van der Waals surface area contributed by atoms with E-state index in [-0.39, 0.29) is 11.9 Å². The molecule has 0 radical (unpaired) electrons. The Balaban J connectivity index is 1.51. The average Bonchev–Trinajstić information content (AvgIpc) is 3.23. The summed E-state index contributed by atoms with van der Waals surface area (Å²) in [4.78, 5) is 19.8. The summed E-state index contributed by atoms with van der Waals surface area (Å²) < 4.78 is 5.53. The lowest BCUT2D eigenvalue weighted by Crippen LogP contribution is -2.41. The van der Waals surface area contributed by atoms with Gasteiger partial charge in [-0.25, -0.2) is 0 Å². The van der Waals surface area contributed by atoms with Crippen molar-refractivity contribution in [3.05, 3.63) is 71.1 Å². The first kappa shape index (κ1) is 20.3. The molecule has 1 amide bonds. The first-order valence-electron chi connectivity index (χ1n) is 10.8. The molecule has 4 rings (SSSR count). The van der Waals surface area contributed by atoms with Gasteiger partial charge in [-0.2, -0.15) is 4.98 Å². The predicted molar refractivity (Wildman–Crippen MR) is 117 cm³/mol. The standard InChI is InChI=1S/C25H29N3O2/c1-18-8-12-20(13-9-18)16-24(29)28(22-6-4-3-5-7-22)17-23-26-25(27-30-23)21-14-10-19(2)11-15-21/h8-15,22H,3-7,16-17H2,1-2H3. The molecule has 0 unspecified atom stereocenters. The molecule has 0 N–H and O–H groups in total. The van der Waals surface area contributed by atoms with E-state index in [1.54, 1.807) is 0 Å². The molecule has 2 aromatic carbocycles. The van der Waals surface area contributed by atoms with Crippen molar-refractivity contribution in [1.82, 2.24) is 15.0 Å². The van der Waals surface area contributed by atoms with E-state index < -0.39 is 0 Å². The SMILES string of the molecule is Cc1ccc(CC(=O)N(Cc2nc(-c3ccc(C)cc3)no2)C2CCCCC2)cc1. The summed E-state index contributed by atoms with van der Waals surface area (Å²) >= 11 is 0. The molecule has 1 heterocycles. The Hall–Kier alpha value is -2.95. The maximum Gasteiger partial charge on any atom is 0.246 e. The Labute approximate surface area is 178 Å². The van der Waals surface area contributed by atoms with Crippen LogP contribution in [0.15, 0.2) is 53.1 Å². The number of amides is 1. The van der Waals surface area contributed by atoms with Gasteiger partial charge in [0.05, 0.1) is 6.42 Å². The van der Waals surface area contributed by atoms with Gasteiger partial charge in [0.25, 0.3) is 0 Å². The smallest absolute Gasteiger partial charge is 0.246 e. The van der Waals surface area contributed by atoms with Gasteiger partial charge in [0.2, 0.25) is 17.6 Å². The van der Waals surface area contributed by atoms with Crippen LogP contribution in [0.3, 0.4) is 0 Å². The molecule has 1 aliphatic carbocycles. The third-order valence-corrected chi connectivity index (χ3v) is 5.90. The molecule has 0 saturated heterocycles. The Bertz CT molecular complexity index is 970. The molecule has 3 aromatic rings. The minimum atomic E-state index is 0.126. The summed E-state index contributed by atoms with van der Waals surface area (Å²) in [6, 6.07) is 16.5. The van der Waals surface area contributed by atoms with Crippen molar-refractivity contribution in [2.24, 2.45) is 0 Å². The lowest BCUT2D eigenvalue weighted by atomic mass is 9.93. The quantitative estimate of drug-likeness (QED) is 0.563. The van der Waals surface area contributed by atoms with Crippen molar-refractivity contribution in [2.75, 3.05) is 0 Å². The molecule has 1 aromatic heterocycles. The van der Waals surface area contributed by atoms with E-state index in [4.69, 9.17) is 4.52 Å². The minimum absolute atomic E-state index is 0.126. The van der Waals surface area contributed by atoms with Gasteiger partial charge in [-0.1, -0.05) is 84.1 Å². The van der Waals surface area contributed by atoms with Gasteiger partial charge >= 0.3 is 0 Å². The Morgan fingerprint density at radius 3 is 2.27 bits per heavy atom. The summed E-state index contributed by atoms with van der Waals surface area (Å²) in [5, 5.41) is 4.14. The van der Waals surface area contributed by atoms with Crippen molar-refractivity contribution in [3.63, 3.8) is 0 Å². The van der Waals surface area contributed by atoms with E-state index in [9.17, 15) is 4.79 Å². The molecule has 156 valence electrons. The first-order chi connectivity index (χ1) is 14.6. The number of nitrogens with zero attached hydrogens (tertiary/aromatic N) is 3. The van der Waals surface area contributed by atoms with Crippen molar-refractivity contribution in [3.8, 4) is 11.4 Å². The third kappa shape index (κ3) is 4.96. The number of hydrogen-bond donors (Lipinski definition) is 0. The predicted octanol–water partition coefficient (Wildman–Crippen LogP) is 5.26. The second-order valence-electron chi connectivity index (χ2n) is 8.35. The van der Waals surface area contributed by atoms with Crippen molar-refractivity contribution in [2.45, 2.75) is 65.0 Å². The number of rotatable bonds is 6. The van der Waals surface area contributed by atoms with Gasteiger partial charge in [0, 0.05) is 11.6 Å². The highest BCUT2D eigenvalue weighted by atomic mass is 16.5. The Kier molecular flexibility index (Phi) is 6.26. The zero-order chi connectivity index (χ0) is 20.9. The van der Waals surface area contributed by atoms with E-state index in [0.717, 1.165) is 36.8 Å². The fraction of sp³-hybridized carbons (Fsp3) is 0.400. The lowest BCUT2D eigenvalue weighted by molar-refractivity contribution is -0.134. The van der Waals surface area contributed by atoms with Gasteiger partial charge in [-0.15, -0.1) is 0 Å². The summed E-state index contributed by atoms with van der Waals surface area (Å²) in [5.41, 5.74) is 4.35. The highest BCUT2D eigenvalue weighted by Gasteiger charge is 2.27. The zero-order valence-corrected chi connectivity index (χ0v) is 17.8. The minimum Gasteiger partial charge on any atom is -0.337 e. The summed E-state index contributed by atoms with van der Waals surface area (Å²) in [7, 11) is 0. The molecule has 1 fully saturated rings. The van der Waals surface area contributed by atoms with E-state index in [1.165, 1.54) is 17.5 Å². The maximum absolute atomic E-state index is 13.3. The molecular weight excluding hydrogens is 374 g/mol. The van der Waals surface area contributed by atoms with Crippen LogP contribution < -0.4 is 0 Å². The van der Waals surface area contributed by atoms with Gasteiger partial charge in [-0.05, 0) is 32.3 Å². The second-order valence-corrected chi connectivity index (χ2v) is 8.35. The highest BCUT2D eigenvalue weighted by Crippen LogP contribution is 2.25. The third-order valence-electron chi connectivity index (χ3n) is 5.90. The van der Waals surface area contributed by atoms with Crippen LogP contribution in [0, 0.1) is 13.8 Å². The maximum atomic E-state index is 13.3. The Morgan fingerprint density at radius 2 is 1.60 bits per heavy atom. The van der Waals surface area contributed by atoms with Gasteiger partial charge in [0.15, 0.2) is 0 Å². The zero-order valence-electron chi connectivity index (χ0n) is 17.8. The first-order valence-corrected chi connectivity index (χ1v) is 10.8. The van der Waals surface area contributed by atoms with E-state index in [1.807, 2.05) is 48.2 Å². The molecule has 0 aliphatic heterocycles. The van der Waals surface area contributed by atoms with Crippen LogP contribution in [0.4, 0.5) is 0 Å². The van der Waals surface area contributed by atoms with Crippen molar-refractivity contribution < 1.29 is 9.32 Å². The lowest BCUT2D eigenvalue weighted by Gasteiger charge is -2.33. The van der Waals surface area contributed by atoms with Crippen LogP contribution in [-0.4, -0.2) is 27.0 Å². The van der Waals surface area contributed by atoms with Gasteiger partial charge in [0.1, 0.15) is 6.54 Å². The summed E-state index contributed by atoms with van der Waals surface area (Å²) in [6.45, 7) is 4.47. The van der Waals surface area contributed by atoms with Gasteiger partial charge < -0.3 is 9.42 Å². The number of benzene rings is 2. The summed E-state index contributed by atoms with van der Waals surface area (Å²) in [6.07, 6.45) is 6.05. The molecule has 0 atom stereocenters. The van der Waals surface area contributed by atoms with Crippen LogP contribution in [0.1, 0.15) is 54.7 Å². The fourth-order valence-electron chi connectivity index (χ4n) is 4.08. The number of aromatic nitrogens is 2. The fourth-order valence-corrected chi connectivity index (χ4v) is 4.08. The molecule has 5 nitrogen and oxygen atoms in total. The van der Waals surface area contributed by atoms with Crippen LogP contribution in [0.2, 0.25) is 0 Å². The molecule has 0 bridgehead atoms.